The number of anilines is 1. The van der Waals surface area contributed by atoms with Crippen molar-refractivity contribution in [3.05, 3.63) is 24.3 Å². The maximum absolute atomic E-state index is 12.6. The Kier molecular flexibility index (Phi) is 7.41. The van der Waals surface area contributed by atoms with Gasteiger partial charge in [-0.2, -0.15) is 0 Å². The van der Waals surface area contributed by atoms with Crippen molar-refractivity contribution in [2.24, 2.45) is 0 Å². The first-order valence-electron chi connectivity index (χ1n) is 10.2. The van der Waals surface area contributed by atoms with Crippen LogP contribution in [0.4, 0.5) is 5.69 Å². The number of hydrogen-bond donors (Lipinski definition) is 0. The van der Waals surface area contributed by atoms with Crippen LogP contribution in [0.2, 0.25) is 0 Å². The zero-order chi connectivity index (χ0) is 21.7. The fraction of sp³-hybridized carbons (Fsp3) is 0.550. The van der Waals surface area contributed by atoms with Gasteiger partial charge in [-0.25, -0.2) is 8.42 Å². The molecule has 1 aliphatic rings. The molecule has 30 heavy (non-hydrogen) atoms. The summed E-state index contributed by atoms with van der Waals surface area (Å²) in [7, 11) is -3.04. The Labute approximate surface area is 181 Å². The third-order valence-electron chi connectivity index (χ3n) is 5.28. The fourth-order valence-electron chi connectivity index (χ4n) is 3.65. The summed E-state index contributed by atoms with van der Waals surface area (Å²) in [5.41, 5.74) is 1.96. The van der Waals surface area contributed by atoms with Crippen molar-refractivity contribution in [3.8, 4) is 11.5 Å². The van der Waals surface area contributed by atoms with Crippen LogP contribution in [0, 0.1) is 0 Å². The monoisotopic (exact) mass is 452 g/mol. The molecule has 1 aromatic heterocycles. The third-order valence-corrected chi connectivity index (χ3v) is 7.83. The average molecular weight is 453 g/mol. The summed E-state index contributed by atoms with van der Waals surface area (Å²) in [4.78, 5) is 16.5. The molecule has 2 heterocycles. The molecule has 1 aromatic carbocycles. The van der Waals surface area contributed by atoms with Gasteiger partial charge in [0.15, 0.2) is 9.84 Å². The molecule has 1 fully saturated rings. The number of carbonyl (C=O) groups excluding carboxylic acids is 1. The van der Waals surface area contributed by atoms with Crippen LogP contribution in [0.15, 0.2) is 33.9 Å². The van der Waals surface area contributed by atoms with Crippen molar-refractivity contribution in [3.63, 3.8) is 0 Å². The molecule has 8 nitrogen and oxygen atoms in total. The van der Waals surface area contributed by atoms with Crippen molar-refractivity contribution in [1.29, 1.82) is 0 Å². The molecule has 164 valence electrons. The van der Waals surface area contributed by atoms with E-state index in [1.54, 1.807) is 4.90 Å². The molecular formula is C20H28N4O4S2. The first-order valence-corrected chi connectivity index (χ1v) is 13.0. The summed E-state index contributed by atoms with van der Waals surface area (Å²) < 4.78 is 29.1. The molecule has 1 amide bonds. The summed E-state index contributed by atoms with van der Waals surface area (Å²) in [6, 6.07) is 7.70. The normalized spacial score (nSPS) is 17.8. The van der Waals surface area contributed by atoms with Gasteiger partial charge in [-0.05, 0) is 51.5 Å². The van der Waals surface area contributed by atoms with E-state index in [1.165, 1.54) is 11.8 Å². The molecule has 10 heteroatoms. The quantitative estimate of drug-likeness (QED) is 0.536. The van der Waals surface area contributed by atoms with E-state index in [-0.39, 0.29) is 29.2 Å². The van der Waals surface area contributed by atoms with E-state index < -0.39 is 9.84 Å². The largest absolute Gasteiger partial charge is 0.411 e. The van der Waals surface area contributed by atoms with Gasteiger partial charge in [0.1, 0.15) is 0 Å². The van der Waals surface area contributed by atoms with Gasteiger partial charge in [0.2, 0.25) is 11.8 Å². The molecule has 1 aliphatic heterocycles. The van der Waals surface area contributed by atoms with Gasteiger partial charge < -0.3 is 14.2 Å². The van der Waals surface area contributed by atoms with E-state index in [1.807, 2.05) is 31.2 Å². The molecule has 0 N–H and O–H groups in total. The Bertz CT molecular complexity index is 955. The Hall–Kier alpha value is -2.07. The van der Waals surface area contributed by atoms with Crippen molar-refractivity contribution in [2.45, 2.75) is 38.5 Å². The van der Waals surface area contributed by atoms with Crippen LogP contribution >= 0.6 is 11.8 Å². The predicted molar refractivity (Wildman–Crippen MR) is 118 cm³/mol. The first-order chi connectivity index (χ1) is 14.4. The van der Waals surface area contributed by atoms with Crippen LogP contribution in [0.5, 0.6) is 0 Å². The number of benzene rings is 1. The van der Waals surface area contributed by atoms with Crippen LogP contribution in [-0.2, 0) is 14.6 Å². The van der Waals surface area contributed by atoms with Gasteiger partial charge in [0, 0.05) is 36.9 Å². The van der Waals surface area contributed by atoms with Crippen molar-refractivity contribution >= 4 is 33.2 Å². The number of carbonyl (C=O) groups is 1. The summed E-state index contributed by atoms with van der Waals surface area (Å²) >= 11 is 1.17. The predicted octanol–water partition coefficient (Wildman–Crippen LogP) is 2.71. The smallest absolute Gasteiger partial charge is 0.277 e. The first kappa shape index (κ1) is 22.6. The Morgan fingerprint density at radius 3 is 2.40 bits per heavy atom. The number of aromatic nitrogens is 2. The number of sulfone groups is 1. The molecule has 1 atom stereocenters. The number of rotatable bonds is 9. The topological polar surface area (TPSA) is 96.6 Å². The lowest BCUT2D eigenvalue weighted by atomic mass is 10.2. The molecule has 0 radical (unpaired) electrons. The van der Waals surface area contributed by atoms with E-state index in [9.17, 15) is 13.2 Å². The van der Waals surface area contributed by atoms with Crippen molar-refractivity contribution in [1.82, 2.24) is 15.1 Å². The van der Waals surface area contributed by atoms with Gasteiger partial charge in [-0.15, -0.1) is 10.2 Å². The van der Waals surface area contributed by atoms with Gasteiger partial charge in [-0.1, -0.05) is 11.8 Å². The molecule has 3 rings (SSSR count). The number of amides is 1. The highest BCUT2D eigenvalue weighted by Crippen LogP contribution is 2.26. The summed E-state index contributed by atoms with van der Waals surface area (Å²) in [5.74, 6) is 0.616. The number of nitrogens with zero attached hydrogens (tertiary/aromatic N) is 4. The van der Waals surface area contributed by atoms with Crippen molar-refractivity contribution < 1.29 is 17.6 Å². The second-order valence-electron chi connectivity index (χ2n) is 7.12. The van der Waals surface area contributed by atoms with Crippen LogP contribution < -0.4 is 4.90 Å². The van der Waals surface area contributed by atoms with E-state index in [4.69, 9.17) is 4.42 Å². The molecule has 0 unspecified atom stereocenters. The zero-order valence-electron chi connectivity index (χ0n) is 17.6. The summed E-state index contributed by atoms with van der Waals surface area (Å²) in [6.45, 7) is 8.45. The van der Waals surface area contributed by atoms with Gasteiger partial charge >= 0.3 is 0 Å². The summed E-state index contributed by atoms with van der Waals surface area (Å²) in [6.07, 6.45) is 0.501. The van der Waals surface area contributed by atoms with E-state index in [0.29, 0.717) is 24.1 Å². The molecule has 2 aromatic rings. The Morgan fingerprint density at radius 2 is 1.83 bits per heavy atom. The lowest BCUT2D eigenvalue weighted by molar-refractivity contribution is -0.129. The lowest BCUT2D eigenvalue weighted by Crippen LogP contribution is -2.41. The molecule has 0 bridgehead atoms. The number of hydrogen-bond acceptors (Lipinski definition) is 8. The van der Waals surface area contributed by atoms with Crippen LogP contribution in [-0.4, -0.2) is 72.4 Å². The molecule has 0 aliphatic carbocycles. The highest BCUT2D eigenvalue weighted by molar-refractivity contribution is 7.99. The third kappa shape index (κ3) is 5.34. The van der Waals surface area contributed by atoms with E-state index in [0.717, 1.165) is 24.3 Å². The molecule has 0 saturated carbocycles. The van der Waals surface area contributed by atoms with Gasteiger partial charge in [0.05, 0.1) is 17.3 Å². The van der Waals surface area contributed by atoms with E-state index >= 15 is 0 Å². The number of thioether (sulfide) groups is 1. The Morgan fingerprint density at radius 1 is 1.13 bits per heavy atom. The van der Waals surface area contributed by atoms with Gasteiger partial charge in [0.25, 0.3) is 5.22 Å². The summed E-state index contributed by atoms with van der Waals surface area (Å²) in [5, 5.41) is 8.44. The van der Waals surface area contributed by atoms with Crippen LogP contribution in [0.25, 0.3) is 11.5 Å². The fourth-order valence-corrected chi connectivity index (χ4v) is 6.03. The minimum atomic E-state index is -3.04. The molecule has 0 spiro atoms. The molecule has 1 saturated heterocycles. The zero-order valence-corrected chi connectivity index (χ0v) is 19.2. The highest BCUT2D eigenvalue weighted by atomic mass is 32.2. The van der Waals surface area contributed by atoms with Crippen LogP contribution in [0.3, 0.4) is 0 Å². The average Bonchev–Trinajstić information content (AvgIpc) is 3.35. The SMILES string of the molecule is CCN(CC)c1ccc(-c2nnc(SCC(=O)N(CC)[C@@H]3CCS(=O)(=O)C3)o2)cc1. The maximum Gasteiger partial charge on any atom is 0.277 e. The molecular weight excluding hydrogens is 424 g/mol. The maximum atomic E-state index is 12.6. The highest BCUT2D eigenvalue weighted by Gasteiger charge is 2.33. The lowest BCUT2D eigenvalue weighted by Gasteiger charge is -2.26. The van der Waals surface area contributed by atoms with Gasteiger partial charge in [-0.3, -0.25) is 4.79 Å². The standard InChI is InChI=1S/C20H28N4O4S2/c1-4-23(5-2)16-9-7-15(8-10-16)19-21-22-20(28-19)29-13-18(25)24(6-3)17-11-12-30(26,27)14-17/h7-10,17H,4-6,11-14H2,1-3H3/t17-/m1/s1. The second-order valence-corrected chi connectivity index (χ2v) is 10.3. The minimum absolute atomic E-state index is 0.0471. The Balaban J connectivity index is 1.59. The second kappa shape index (κ2) is 9.82. The minimum Gasteiger partial charge on any atom is -0.411 e. The van der Waals surface area contributed by atoms with E-state index in [2.05, 4.69) is 28.9 Å². The van der Waals surface area contributed by atoms with Crippen molar-refractivity contribution in [2.75, 3.05) is 41.8 Å². The van der Waals surface area contributed by atoms with Crippen LogP contribution in [0.1, 0.15) is 27.2 Å².